The molecule has 1 heterocycles. The summed E-state index contributed by atoms with van der Waals surface area (Å²) in [4.78, 5) is 3.09. The van der Waals surface area contributed by atoms with Crippen LogP contribution in [-0.4, -0.2) is 30.3 Å². The molecule has 19 heavy (non-hydrogen) atoms. The molecule has 0 unspecified atom stereocenters. The molecule has 1 fully saturated rings. The van der Waals surface area contributed by atoms with E-state index in [0.29, 0.717) is 4.90 Å². The van der Waals surface area contributed by atoms with E-state index in [2.05, 4.69) is 4.90 Å². The van der Waals surface area contributed by atoms with Gasteiger partial charge in [-0.05, 0) is 44.1 Å². The molecule has 2 rings (SSSR count). The van der Waals surface area contributed by atoms with Gasteiger partial charge in [0.05, 0.1) is 5.56 Å². The summed E-state index contributed by atoms with van der Waals surface area (Å²) >= 11 is 1.50. The summed E-state index contributed by atoms with van der Waals surface area (Å²) in [5.74, 6) is 0.849. The van der Waals surface area contributed by atoms with Gasteiger partial charge in [0.2, 0.25) is 0 Å². The first-order valence-corrected chi connectivity index (χ1v) is 7.57. The number of likely N-dealkylation sites (tertiary alicyclic amines) is 1. The fraction of sp³-hybridized carbons (Fsp3) is 0.571. The highest BCUT2D eigenvalue weighted by atomic mass is 32.2. The topological polar surface area (TPSA) is 3.24 Å². The summed E-state index contributed by atoms with van der Waals surface area (Å²) < 4.78 is 37.7. The van der Waals surface area contributed by atoms with Crippen LogP contribution in [0.3, 0.4) is 0 Å². The second kappa shape index (κ2) is 6.66. The van der Waals surface area contributed by atoms with Gasteiger partial charge in [-0.1, -0.05) is 12.5 Å². The molecule has 0 aromatic heterocycles. The Morgan fingerprint density at radius 2 is 1.84 bits per heavy atom. The van der Waals surface area contributed by atoms with Gasteiger partial charge >= 0.3 is 6.18 Å². The van der Waals surface area contributed by atoms with E-state index in [4.69, 9.17) is 0 Å². The minimum absolute atomic E-state index is 0.560. The number of benzene rings is 1. The van der Waals surface area contributed by atoms with E-state index in [-0.39, 0.29) is 0 Å². The summed E-state index contributed by atoms with van der Waals surface area (Å²) in [6.45, 7) is 3.22. The van der Waals surface area contributed by atoms with Gasteiger partial charge < -0.3 is 4.90 Å². The Kier molecular flexibility index (Phi) is 5.16. The molecule has 0 amide bonds. The van der Waals surface area contributed by atoms with Crippen molar-refractivity contribution in [3.05, 3.63) is 29.8 Å². The van der Waals surface area contributed by atoms with E-state index >= 15 is 0 Å². The van der Waals surface area contributed by atoms with Crippen molar-refractivity contribution >= 4 is 11.8 Å². The first-order valence-electron chi connectivity index (χ1n) is 6.58. The van der Waals surface area contributed by atoms with E-state index in [1.165, 1.54) is 43.2 Å². The first kappa shape index (κ1) is 14.7. The molecule has 0 radical (unpaired) electrons. The van der Waals surface area contributed by atoms with Gasteiger partial charge in [-0.15, -0.1) is 11.8 Å². The largest absolute Gasteiger partial charge is 0.416 e. The maximum absolute atomic E-state index is 12.6. The summed E-state index contributed by atoms with van der Waals surface area (Å²) in [6.07, 6.45) is -0.455. The van der Waals surface area contributed by atoms with Crippen molar-refractivity contribution in [1.29, 1.82) is 0 Å². The van der Waals surface area contributed by atoms with Crippen molar-refractivity contribution in [1.82, 2.24) is 4.90 Å². The molecule has 1 aliphatic rings. The normalized spacial score (nSPS) is 17.6. The van der Waals surface area contributed by atoms with Crippen molar-refractivity contribution < 1.29 is 13.2 Å². The van der Waals surface area contributed by atoms with Gasteiger partial charge in [-0.3, -0.25) is 0 Å². The van der Waals surface area contributed by atoms with Crippen LogP contribution in [-0.2, 0) is 6.18 Å². The maximum Gasteiger partial charge on any atom is 0.416 e. The Labute approximate surface area is 116 Å². The predicted octanol–water partition coefficient (Wildman–Crippen LogP) is 4.28. The number of nitrogens with zero attached hydrogens (tertiary/aromatic N) is 1. The molecule has 0 spiro atoms. The molecule has 0 saturated carbocycles. The van der Waals surface area contributed by atoms with E-state index in [1.54, 1.807) is 6.07 Å². The van der Waals surface area contributed by atoms with Gasteiger partial charge in [-0.25, -0.2) is 0 Å². The molecule has 1 aromatic rings. The van der Waals surface area contributed by atoms with Crippen molar-refractivity contribution in [2.45, 2.75) is 30.3 Å². The molecule has 0 N–H and O–H groups in total. The molecule has 1 aliphatic heterocycles. The van der Waals surface area contributed by atoms with Gasteiger partial charge in [0.25, 0.3) is 0 Å². The molecule has 1 nitrogen and oxygen atoms in total. The third-order valence-electron chi connectivity index (χ3n) is 3.29. The standard InChI is InChI=1S/C14H18F3NS/c15-14(16,17)12-5-4-6-13(11-12)19-10-9-18-7-2-1-3-8-18/h4-6,11H,1-3,7-10H2. The zero-order chi connectivity index (χ0) is 13.7. The first-order chi connectivity index (χ1) is 9.05. The number of rotatable bonds is 4. The van der Waals surface area contributed by atoms with Crippen molar-refractivity contribution in [2.24, 2.45) is 0 Å². The quantitative estimate of drug-likeness (QED) is 0.761. The third-order valence-corrected chi connectivity index (χ3v) is 4.26. The highest BCUT2D eigenvalue weighted by Crippen LogP contribution is 2.31. The minimum Gasteiger partial charge on any atom is -0.303 e. The number of hydrogen-bond acceptors (Lipinski definition) is 2. The van der Waals surface area contributed by atoms with Crippen LogP contribution in [0.1, 0.15) is 24.8 Å². The smallest absolute Gasteiger partial charge is 0.303 e. The molecule has 1 aromatic carbocycles. The number of piperidine rings is 1. The zero-order valence-corrected chi connectivity index (χ0v) is 11.6. The number of alkyl halides is 3. The van der Waals surface area contributed by atoms with Crippen molar-refractivity contribution in [2.75, 3.05) is 25.4 Å². The maximum atomic E-state index is 12.6. The zero-order valence-electron chi connectivity index (χ0n) is 10.7. The molecule has 0 aliphatic carbocycles. The molecule has 0 atom stereocenters. The molecule has 5 heteroatoms. The summed E-state index contributed by atoms with van der Waals surface area (Å²) in [5, 5.41) is 0. The Balaban J connectivity index is 1.82. The van der Waals surface area contributed by atoms with E-state index in [1.807, 2.05) is 0 Å². The molecular weight excluding hydrogens is 271 g/mol. The SMILES string of the molecule is FC(F)(F)c1cccc(SCCN2CCCCC2)c1. The van der Waals surface area contributed by atoms with Crippen LogP contribution in [0, 0.1) is 0 Å². The van der Waals surface area contributed by atoms with Crippen LogP contribution in [0.5, 0.6) is 0 Å². The van der Waals surface area contributed by atoms with Crippen molar-refractivity contribution in [3.8, 4) is 0 Å². The molecular formula is C14H18F3NS. The average Bonchev–Trinajstić information content (AvgIpc) is 2.39. The lowest BCUT2D eigenvalue weighted by Gasteiger charge is -2.26. The lowest BCUT2D eigenvalue weighted by atomic mass is 10.1. The Bertz CT molecular complexity index is 400. The lowest BCUT2D eigenvalue weighted by molar-refractivity contribution is -0.137. The number of thioether (sulfide) groups is 1. The second-order valence-electron chi connectivity index (χ2n) is 4.78. The molecule has 1 saturated heterocycles. The highest BCUT2D eigenvalue weighted by Gasteiger charge is 2.30. The number of halogens is 3. The molecule has 106 valence electrons. The summed E-state index contributed by atoms with van der Waals surface area (Å²) in [7, 11) is 0. The van der Waals surface area contributed by atoms with Crippen molar-refractivity contribution in [3.63, 3.8) is 0 Å². The Morgan fingerprint density at radius 3 is 2.53 bits per heavy atom. The van der Waals surface area contributed by atoms with E-state index < -0.39 is 11.7 Å². The minimum atomic E-state index is -4.25. The molecule has 0 bridgehead atoms. The van der Waals surface area contributed by atoms with Crippen LogP contribution in [0.15, 0.2) is 29.2 Å². The van der Waals surface area contributed by atoms with Gasteiger partial charge in [0.1, 0.15) is 0 Å². The van der Waals surface area contributed by atoms with Crippen LogP contribution < -0.4 is 0 Å². The fourth-order valence-corrected chi connectivity index (χ4v) is 3.21. The van der Waals surface area contributed by atoms with Gasteiger partial charge in [0.15, 0.2) is 0 Å². The Hall–Kier alpha value is -0.680. The summed E-state index contributed by atoms with van der Waals surface area (Å²) in [5.41, 5.74) is -0.560. The van der Waals surface area contributed by atoms with Crippen LogP contribution in [0.4, 0.5) is 13.2 Å². The van der Waals surface area contributed by atoms with E-state index in [9.17, 15) is 13.2 Å². The third kappa shape index (κ3) is 4.73. The fourth-order valence-electron chi connectivity index (χ4n) is 2.24. The Morgan fingerprint density at radius 1 is 1.11 bits per heavy atom. The van der Waals surface area contributed by atoms with Gasteiger partial charge in [0, 0.05) is 17.2 Å². The second-order valence-corrected chi connectivity index (χ2v) is 5.94. The highest BCUT2D eigenvalue weighted by molar-refractivity contribution is 7.99. The van der Waals surface area contributed by atoms with E-state index in [0.717, 1.165) is 31.5 Å². The number of hydrogen-bond donors (Lipinski definition) is 0. The van der Waals surface area contributed by atoms with Gasteiger partial charge in [-0.2, -0.15) is 13.2 Å². The summed E-state index contributed by atoms with van der Waals surface area (Å²) in [6, 6.07) is 5.58. The monoisotopic (exact) mass is 289 g/mol. The van der Waals surface area contributed by atoms with Crippen LogP contribution >= 0.6 is 11.8 Å². The lowest BCUT2D eigenvalue weighted by Crippen LogP contribution is -2.31. The average molecular weight is 289 g/mol. The predicted molar refractivity (Wildman–Crippen MR) is 72.5 cm³/mol. The van der Waals surface area contributed by atoms with Crippen LogP contribution in [0.25, 0.3) is 0 Å². The van der Waals surface area contributed by atoms with Crippen LogP contribution in [0.2, 0.25) is 0 Å².